The van der Waals surface area contributed by atoms with E-state index < -0.39 is 0 Å². The molecule has 0 aromatic rings. The molecular formula is C12H28N2. The lowest BCUT2D eigenvalue weighted by Crippen LogP contribution is -2.41. The highest BCUT2D eigenvalue weighted by Gasteiger charge is 2.23. The van der Waals surface area contributed by atoms with Crippen LogP contribution in [0.4, 0.5) is 0 Å². The van der Waals surface area contributed by atoms with Crippen molar-refractivity contribution in [1.29, 1.82) is 0 Å². The van der Waals surface area contributed by atoms with Crippen LogP contribution in [0.1, 0.15) is 46.5 Å². The lowest BCUT2D eigenvalue weighted by atomic mass is 9.82. The smallest absolute Gasteiger partial charge is 0.0125 e. The van der Waals surface area contributed by atoms with Crippen molar-refractivity contribution in [3.8, 4) is 0 Å². The van der Waals surface area contributed by atoms with E-state index in [1.807, 2.05) is 0 Å². The quantitative estimate of drug-likeness (QED) is 0.684. The number of rotatable bonds is 7. The summed E-state index contributed by atoms with van der Waals surface area (Å²) in [7, 11) is 4.25. The average Bonchev–Trinajstić information content (AvgIpc) is 2.00. The van der Waals surface area contributed by atoms with Crippen LogP contribution in [0.3, 0.4) is 0 Å². The topological polar surface area (TPSA) is 29.3 Å². The van der Waals surface area contributed by atoms with E-state index in [-0.39, 0.29) is 5.54 Å². The average molecular weight is 200 g/mol. The molecule has 0 fully saturated rings. The standard InChI is InChI=1S/C12H28N2/c1-6-8-11(12(2,3)13)9-7-10-14(4)5/h11H,6-10,13H2,1-5H3. The molecule has 0 heterocycles. The van der Waals surface area contributed by atoms with E-state index in [0.717, 1.165) is 0 Å². The van der Waals surface area contributed by atoms with Gasteiger partial charge in [-0.1, -0.05) is 13.3 Å². The molecule has 1 unspecified atom stereocenters. The summed E-state index contributed by atoms with van der Waals surface area (Å²) >= 11 is 0. The molecule has 14 heavy (non-hydrogen) atoms. The van der Waals surface area contributed by atoms with Crippen LogP contribution in [0, 0.1) is 5.92 Å². The minimum absolute atomic E-state index is 0.0116. The van der Waals surface area contributed by atoms with Crippen molar-refractivity contribution < 1.29 is 0 Å². The number of nitrogens with two attached hydrogens (primary N) is 1. The molecule has 0 radical (unpaired) electrons. The fourth-order valence-corrected chi connectivity index (χ4v) is 1.89. The van der Waals surface area contributed by atoms with Crippen LogP contribution in [0.5, 0.6) is 0 Å². The highest BCUT2D eigenvalue weighted by Crippen LogP contribution is 2.24. The number of hydrogen-bond donors (Lipinski definition) is 1. The van der Waals surface area contributed by atoms with E-state index in [0.29, 0.717) is 5.92 Å². The third kappa shape index (κ3) is 6.39. The molecule has 1 atom stereocenters. The second-order valence-corrected chi connectivity index (χ2v) is 5.25. The fourth-order valence-electron chi connectivity index (χ4n) is 1.89. The van der Waals surface area contributed by atoms with Gasteiger partial charge in [-0.15, -0.1) is 0 Å². The van der Waals surface area contributed by atoms with Crippen LogP contribution in [-0.2, 0) is 0 Å². The Bertz CT molecular complexity index is 136. The highest BCUT2D eigenvalue weighted by molar-refractivity contribution is 4.81. The SMILES string of the molecule is CCCC(CCCN(C)C)C(C)(C)N. The van der Waals surface area contributed by atoms with Crippen LogP contribution >= 0.6 is 0 Å². The highest BCUT2D eigenvalue weighted by atomic mass is 15.0. The van der Waals surface area contributed by atoms with E-state index in [1.54, 1.807) is 0 Å². The maximum atomic E-state index is 6.17. The molecule has 0 rings (SSSR count). The van der Waals surface area contributed by atoms with Gasteiger partial charge in [-0.3, -0.25) is 0 Å². The molecular weight excluding hydrogens is 172 g/mol. The van der Waals surface area contributed by atoms with Gasteiger partial charge >= 0.3 is 0 Å². The molecule has 0 saturated carbocycles. The van der Waals surface area contributed by atoms with Gasteiger partial charge in [0.2, 0.25) is 0 Å². The second-order valence-electron chi connectivity index (χ2n) is 5.25. The molecule has 2 N–H and O–H groups in total. The normalized spacial score (nSPS) is 14.8. The molecule has 0 spiro atoms. The Hall–Kier alpha value is -0.0800. The number of nitrogens with zero attached hydrogens (tertiary/aromatic N) is 1. The summed E-state index contributed by atoms with van der Waals surface area (Å²) in [6.07, 6.45) is 5.03. The third-order valence-corrected chi connectivity index (χ3v) is 2.85. The van der Waals surface area contributed by atoms with E-state index in [1.165, 1.54) is 32.2 Å². The zero-order valence-corrected chi connectivity index (χ0v) is 10.6. The lowest BCUT2D eigenvalue weighted by molar-refractivity contribution is 0.262. The van der Waals surface area contributed by atoms with Gasteiger partial charge in [0.25, 0.3) is 0 Å². The van der Waals surface area contributed by atoms with Gasteiger partial charge < -0.3 is 10.6 Å². The second kappa shape index (κ2) is 6.41. The first-order valence-corrected chi connectivity index (χ1v) is 5.81. The Morgan fingerprint density at radius 2 is 1.79 bits per heavy atom. The lowest BCUT2D eigenvalue weighted by Gasteiger charge is -2.30. The van der Waals surface area contributed by atoms with E-state index in [9.17, 15) is 0 Å². The summed E-state index contributed by atoms with van der Waals surface area (Å²) in [5.41, 5.74) is 6.16. The molecule has 2 heteroatoms. The summed E-state index contributed by atoms with van der Waals surface area (Å²) in [6.45, 7) is 7.73. The van der Waals surface area contributed by atoms with Gasteiger partial charge in [0.1, 0.15) is 0 Å². The molecule has 0 bridgehead atoms. The van der Waals surface area contributed by atoms with Crippen molar-refractivity contribution in [3.63, 3.8) is 0 Å². The van der Waals surface area contributed by atoms with Crippen molar-refractivity contribution in [2.75, 3.05) is 20.6 Å². The molecule has 0 aromatic heterocycles. The summed E-state index contributed by atoms with van der Waals surface area (Å²) < 4.78 is 0. The van der Waals surface area contributed by atoms with Gasteiger partial charge in [0.15, 0.2) is 0 Å². The summed E-state index contributed by atoms with van der Waals surface area (Å²) in [5.74, 6) is 0.674. The first kappa shape index (κ1) is 13.9. The van der Waals surface area contributed by atoms with Crippen molar-refractivity contribution >= 4 is 0 Å². The van der Waals surface area contributed by atoms with Crippen LogP contribution in [0.15, 0.2) is 0 Å². The van der Waals surface area contributed by atoms with Gasteiger partial charge in [-0.25, -0.2) is 0 Å². The molecule has 86 valence electrons. The Balaban J connectivity index is 3.86. The number of hydrogen-bond acceptors (Lipinski definition) is 2. The van der Waals surface area contributed by atoms with Crippen molar-refractivity contribution in [3.05, 3.63) is 0 Å². The first-order valence-electron chi connectivity index (χ1n) is 5.81. The molecule has 0 aliphatic heterocycles. The van der Waals surface area contributed by atoms with E-state index >= 15 is 0 Å². The van der Waals surface area contributed by atoms with E-state index in [2.05, 4.69) is 39.8 Å². The molecule has 0 aromatic carbocycles. The Morgan fingerprint density at radius 3 is 2.14 bits per heavy atom. The monoisotopic (exact) mass is 200 g/mol. The Labute approximate surface area is 89.9 Å². The largest absolute Gasteiger partial charge is 0.325 e. The Morgan fingerprint density at radius 1 is 1.21 bits per heavy atom. The molecule has 0 saturated heterocycles. The fraction of sp³-hybridized carbons (Fsp3) is 1.00. The van der Waals surface area contributed by atoms with Crippen LogP contribution in [0.25, 0.3) is 0 Å². The Kier molecular flexibility index (Phi) is 6.38. The minimum Gasteiger partial charge on any atom is -0.325 e. The minimum atomic E-state index is -0.0116. The summed E-state index contributed by atoms with van der Waals surface area (Å²) in [6, 6.07) is 0. The van der Waals surface area contributed by atoms with Crippen LogP contribution in [0.2, 0.25) is 0 Å². The van der Waals surface area contributed by atoms with Gasteiger partial charge in [-0.05, 0) is 59.7 Å². The maximum Gasteiger partial charge on any atom is 0.0125 e. The third-order valence-electron chi connectivity index (χ3n) is 2.85. The molecule has 0 aliphatic rings. The van der Waals surface area contributed by atoms with Crippen LogP contribution in [-0.4, -0.2) is 31.1 Å². The van der Waals surface area contributed by atoms with Gasteiger partial charge in [0, 0.05) is 5.54 Å². The van der Waals surface area contributed by atoms with E-state index in [4.69, 9.17) is 5.73 Å². The maximum absolute atomic E-state index is 6.17. The first-order chi connectivity index (χ1) is 6.38. The van der Waals surface area contributed by atoms with Crippen molar-refractivity contribution in [1.82, 2.24) is 4.90 Å². The van der Waals surface area contributed by atoms with Crippen LogP contribution < -0.4 is 5.73 Å². The van der Waals surface area contributed by atoms with Gasteiger partial charge in [-0.2, -0.15) is 0 Å². The molecule has 0 amide bonds. The molecule has 2 nitrogen and oxygen atoms in total. The predicted octanol–water partition coefficient (Wildman–Crippen LogP) is 2.48. The van der Waals surface area contributed by atoms with Gasteiger partial charge in [0.05, 0.1) is 0 Å². The van der Waals surface area contributed by atoms with Crippen molar-refractivity contribution in [2.45, 2.75) is 52.0 Å². The predicted molar refractivity (Wildman–Crippen MR) is 64.5 cm³/mol. The van der Waals surface area contributed by atoms with Crippen molar-refractivity contribution in [2.24, 2.45) is 11.7 Å². The zero-order chi connectivity index (χ0) is 11.2. The zero-order valence-electron chi connectivity index (χ0n) is 10.6. The molecule has 0 aliphatic carbocycles. The summed E-state index contributed by atoms with van der Waals surface area (Å²) in [5, 5.41) is 0. The summed E-state index contributed by atoms with van der Waals surface area (Å²) in [4.78, 5) is 2.24.